The van der Waals surface area contributed by atoms with Gasteiger partial charge < -0.3 is 19.9 Å². The van der Waals surface area contributed by atoms with Gasteiger partial charge in [0.15, 0.2) is 0 Å². The second-order valence-electron chi connectivity index (χ2n) is 8.28. The average molecular weight is 486 g/mol. The molecule has 11 heteroatoms. The van der Waals surface area contributed by atoms with E-state index in [1.165, 1.54) is 0 Å². The molecule has 178 valence electrons. The van der Waals surface area contributed by atoms with E-state index in [0.717, 1.165) is 25.7 Å². The molecule has 0 spiro atoms. The molecule has 2 N–H and O–H groups in total. The molecule has 1 heterocycles. The zero-order valence-electron chi connectivity index (χ0n) is 17.6. The number of aromatic nitrogens is 2. The van der Waals surface area contributed by atoms with Crippen LogP contribution >= 0.6 is 11.6 Å². The molecule has 1 amide bonds. The molecule has 0 aliphatic heterocycles. The topological polar surface area (TPSA) is 93.6 Å². The van der Waals surface area contributed by atoms with Crippen molar-refractivity contribution >= 4 is 17.7 Å². The summed E-state index contributed by atoms with van der Waals surface area (Å²) in [5.74, 6) is -1.02. The minimum Gasteiger partial charge on any atom is -0.476 e. The second-order valence-corrected chi connectivity index (χ2v) is 8.72. The van der Waals surface area contributed by atoms with Gasteiger partial charge in [-0.1, -0.05) is 36.6 Å². The minimum absolute atomic E-state index is 0.000757. The Bertz CT molecular complexity index is 1000. The highest BCUT2D eigenvalue weighted by Gasteiger charge is 2.40. The quantitative estimate of drug-likeness (QED) is 0.598. The smallest absolute Gasteiger partial charge is 0.438 e. The summed E-state index contributed by atoms with van der Waals surface area (Å²) in [6, 6.07) is 5.62. The van der Waals surface area contributed by atoms with E-state index in [1.54, 1.807) is 24.3 Å². The Labute approximate surface area is 193 Å². The van der Waals surface area contributed by atoms with Crippen LogP contribution in [0.3, 0.4) is 0 Å². The maximum atomic E-state index is 13.8. The fourth-order valence-electron chi connectivity index (χ4n) is 3.59. The van der Waals surface area contributed by atoms with Crippen molar-refractivity contribution in [3.05, 3.63) is 35.0 Å². The molecule has 2 aliphatic carbocycles. The molecule has 2 fully saturated rings. The third-order valence-corrected chi connectivity index (χ3v) is 5.84. The molecule has 1 aromatic heterocycles. The lowest BCUT2D eigenvalue weighted by Crippen LogP contribution is -2.46. The molecular formula is C22H23ClF3N3O4. The number of hydrogen-bond donors (Lipinski definition) is 2. The predicted molar refractivity (Wildman–Crippen MR) is 113 cm³/mol. The summed E-state index contributed by atoms with van der Waals surface area (Å²) in [6.45, 7) is 0.215. The molecule has 2 aromatic rings. The molecule has 1 aromatic carbocycles. The number of carbonyl (C=O) groups is 1. The number of carbonyl (C=O) groups excluding carboxylic acids is 1. The van der Waals surface area contributed by atoms with Gasteiger partial charge in [0.1, 0.15) is 5.69 Å². The summed E-state index contributed by atoms with van der Waals surface area (Å²) in [4.78, 5) is 20.0. The van der Waals surface area contributed by atoms with Gasteiger partial charge in [-0.3, -0.25) is 0 Å². The molecule has 7 nitrogen and oxygen atoms in total. The number of ether oxygens (including phenoxy) is 2. The maximum absolute atomic E-state index is 13.8. The third-order valence-electron chi connectivity index (χ3n) is 5.59. The lowest BCUT2D eigenvalue weighted by molar-refractivity contribution is -0.142. The SMILES string of the molecule is O=C(N[C@@H]1CCCC[C@H]1O)Oc1nc(-c2ccc(Cl)cc2)c(OCC2CC2)nc1C(F)(F)F. The molecule has 33 heavy (non-hydrogen) atoms. The van der Waals surface area contributed by atoms with E-state index in [9.17, 15) is 23.1 Å². The van der Waals surface area contributed by atoms with Crippen LogP contribution in [-0.2, 0) is 6.18 Å². The molecule has 4 rings (SSSR count). The third kappa shape index (κ3) is 6.05. The van der Waals surface area contributed by atoms with Gasteiger partial charge in [-0.05, 0) is 43.7 Å². The fraction of sp³-hybridized carbons (Fsp3) is 0.500. The van der Waals surface area contributed by atoms with Crippen molar-refractivity contribution in [3.8, 4) is 23.0 Å². The Balaban J connectivity index is 1.66. The van der Waals surface area contributed by atoms with Crippen LogP contribution in [0.15, 0.2) is 24.3 Å². The molecule has 2 atom stereocenters. The van der Waals surface area contributed by atoms with Crippen molar-refractivity contribution in [1.82, 2.24) is 15.3 Å². The molecule has 2 aliphatic rings. The monoisotopic (exact) mass is 485 g/mol. The Morgan fingerprint density at radius 2 is 1.79 bits per heavy atom. The number of alkyl halides is 3. The Kier molecular flexibility index (Phi) is 6.94. The largest absolute Gasteiger partial charge is 0.476 e. The molecular weight excluding hydrogens is 463 g/mol. The number of amides is 1. The molecule has 0 radical (unpaired) electrons. The normalized spacial score (nSPS) is 20.9. The van der Waals surface area contributed by atoms with Gasteiger partial charge in [-0.25, -0.2) is 14.8 Å². The van der Waals surface area contributed by atoms with Crippen molar-refractivity contribution in [1.29, 1.82) is 0 Å². The van der Waals surface area contributed by atoms with E-state index in [1.807, 2.05) is 0 Å². The van der Waals surface area contributed by atoms with Crippen LogP contribution in [0.5, 0.6) is 11.8 Å². The first-order chi connectivity index (χ1) is 15.7. The van der Waals surface area contributed by atoms with Crippen LogP contribution in [0.2, 0.25) is 5.02 Å². The van der Waals surface area contributed by atoms with E-state index in [0.29, 0.717) is 23.4 Å². The van der Waals surface area contributed by atoms with Crippen molar-refractivity contribution in [3.63, 3.8) is 0 Å². The molecule has 0 unspecified atom stereocenters. The summed E-state index contributed by atoms with van der Waals surface area (Å²) >= 11 is 5.93. The number of benzene rings is 1. The van der Waals surface area contributed by atoms with E-state index < -0.39 is 36.0 Å². The number of nitrogens with one attached hydrogen (secondary N) is 1. The summed E-state index contributed by atoms with van der Waals surface area (Å²) in [7, 11) is 0. The first-order valence-electron chi connectivity index (χ1n) is 10.7. The summed E-state index contributed by atoms with van der Waals surface area (Å²) in [6.07, 6.45) is -2.42. The van der Waals surface area contributed by atoms with Crippen molar-refractivity contribution in [2.24, 2.45) is 5.92 Å². The summed E-state index contributed by atoms with van der Waals surface area (Å²) in [5, 5.41) is 12.9. The molecule has 0 saturated heterocycles. The van der Waals surface area contributed by atoms with E-state index in [-0.39, 0.29) is 24.1 Å². The predicted octanol–water partition coefficient (Wildman–Crippen LogP) is 5.00. The van der Waals surface area contributed by atoms with Gasteiger partial charge in [-0.2, -0.15) is 13.2 Å². The van der Waals surface area contributed by atoms with Crippen LogP contribution in [0.25, 0.3) is 11.3 Å². The highest BCUT2D eigenvalue weighted by molar-refractivity contribution is 6.30. The Morgan fingerprint density at radius 1 is 1.09 bits per heavy atom. The second kappa shape index (κ2) is 9.72. The number of nitrogens with zero attached hydrogens (tertiary/aromatic N) is 2. The van der Waals surface area contributed by atoms with Gasteiger partial charge >= 0.3 is 12.3 Å². The van der Waals surface area contributed by atoms with Crippen LogP contribution in [0.1, 0.15) is 44.2 Å². The van der Waals surface area contributed by atoms with E-state index in [2.05, 4.69) is 15.3 Å². The van der Waals surface area contributed by atoms with Gasteiger partial charge in [0, 0.05) is 10.6 Å². The van der Waals surface area contributed by atoms with Crippen LogP contribution in [-0.4, -0.2) is 39.9 Å². The van der Waals surface area contributed by atoms with Crippen LogP contribution in [0.4, 0.5) is 18.0 Å². The molecule has 0 bridgehead atoms. The van der Waals surface area contributed by atoms with Crippen molar-refractivity contribution < 1.29 is 32.5 Å². The lowest BCUT2D eigenvalue weighted by Gasteiger charge is -2.27. The maximum Gasteiger partial charge on any atom is 0.438 e. The summed E-state index contributed by atoms with van der Waals surface area (Å²) in [5.41, 5.74) is -1.06. The van der Waals surface area contributed by atoms with Gasteiger partial charge in [0.05, 0.1) is 18.8 Å². The van der Waals surface area contributed by atoms with Gasteiger partial charge in [-0.15, -0.1) is 0 Å². The standard InChI is InChI=1S/C22H23ClF3N3O4/c23-14-9-7-13(8-10-14)17-19(32-11-12-5-6-12)29-18(22(24,25)26)20(28-17)33-21(31)27-15-3-1-2-4-16(15)30/h7-10,12,15-16,30H,1-6,11H2,(H,27,31)/t15-,16-/m1/s1. The highest BCUT2D eigenvalue weighted by atomic mass is 35.5. The number of halogens is 4. The number of aliphatic hydroxyl groups excluding tert-OH is 1. The average Bonchev–Trinajstić information content (AvgIpc) is 3.58. The Hall–Kier alpha value is -2.59. The van der Waals surface area contributed by atoms with Crippen LogP contribution < -0.4 is 14.8 Å². The van der Waals surface area contributed by atoms with Crippen molar-refractivity contribution in [2.75, 3.05) is 6.61 Å². The van der Waals surface area contributed by atoms with Crippen LogP contribution in [0, 0.1) is 5.92 Å². The minimum atomic E-state index is -4.94. The van der Waals surface area contributed by atoms with E-state index in [4.69, 9.17) is 21.1 Å². The number of hydrogen-bond acceptors (Lipinski definition) is 6. The van der Waals surface area contributed by atoms with E-state index >= 15 is 0 Å². The Morgan fingerprint density at radius 3 is 2.42 bits per heavy atom. The molecule has 2 saturated carbocycles. The highest BCUT2D eigenvalue weighted by Crippen LogP contribution is 2.39. The summed E-state index contributed by atoms with van der Waals surface area (Å²) < 4.78 is 51.9. The fourth-order valence-corrected chi connectivity index (χ4v) is 3.71. The zero-order valence-corrected chi connectivity index (χ0v) is 18.3. The lowest BCUT2D eigenvalue weighted by atomic mass is 9.93. The van der Waals surface area contributed by atoms with Gasteiger partial charge in [0.25, 0.3) is 5.88 Å². The zero-order chi connectivity index (χ0) is 23.6. The number of aliphatic hydroxyl groups is 1. The van der Waals surface area contributed by atoms with Crippen molar-refractivity contribution in [2.45, 2.75) is 56.8 Å². The first-order valence-corrected chi connectivity index (χ1v) is 11.1. The first kappa shape index (κ1) is 23.6. The van der Waals surface area contributed by atoms with Gasteiger partial charge in [0.2, 0.25) is 11.6 Å². The number of rotatable bonds is 6.